The van der Waals surface area contributed by atoms with Gasteiger partial charge in [0.2, 0.25) is 0 Å². The number of nitrogens with two attached hydrogens (primary N) is 1. The van der Waals surface area contributed by atoms with E-state index < -0.39 is 10.5 Å². The van der Waals surface area contributed by atoms with Crippen molar-refractivity contribution in [2.45, 2.75) is 30.2 Å². The Morgan fingerprint density at radius 2 is 1.82 bits per heavy atom. The summed E-state index contributed by atoms with van der Waals surface area (Å²) in [6, 6.07) is 17.3. The molecule has 1 aliphatic heterocycles. The average Bonchev–Trinajstić information content (AvgIpc) is 3.56. The van der Waals surface area contributed by atoms with Crippen molar-refractivity contribution in [2.75, 3.05) is 13.7 Å². The van der Waals surface area contributed by atoms with Crippen molar-refractivity contribution in [1.82, 2.24) is 5.01 Å². The quantitative estimate of drug-likeness (QED) is 0.354. The van der Waals surface area contributed by atoms with Crippen LogP contribution < -0.4 is 5.73 Å². The first-order chi connectivity index (χ1) is 15.8. The Labute approximate surface area is 215 Å². The second-order valence-electron chi connectivity index (χ2n) is 7.61. The Morgan fingerprint density at radius 3 is 2.39 bits per heavy atom. The molecule has 33 heavy (non-hydrogen) atoms. The molecule has 174 valence electrons. The summed E-state index contributed by atoms with van der Waals surface area (Å²) < 4.78 is 7.09. The van der Waals surface area contributed by atoms with E-state index >= 15 is 0 Å². The number of amides is 1. The van der Waals surface area contributed by atoms with Crippen molar-refractivity contribution in [3.05, 3.63) is 78.6 Å². The molecule has 1 aliphatic rings. The maximum atomic E-state index is 14.2. The molecule has 0 fully saturated rings. The molecule has 0 radical (unpaired) electrons. The summed E-state index contributed by atoms with van der Waals surface area (Å²) in [5.74, 6) is -0.269. The average molecular weight is 541 g/mol. The number of thiophene rings is 2. The summed E-state index contributed by atoms with van der Waals surface area (Å²) in [7, 11) is 1.53. The number of carbonyl (C=O) groups is 1. The highest BCUT2D eigenvalue weighted by Crippen LogP contribution is 2.52. The van der Waals surface area contributed by atoms with E-state index in [2.05, 4.69) is 0 Å². The first-order valence-corrected chi connectivity index (χ1v) is 13.5. The standard InChI is InChI=1S/C23H23Cl2N3O2S3/c1-22(30-2,17-10-12-19(25)32-17)21(29)28-23(13-6-14-26,15-7-4-3-5-8-15)33-20(27-28)16-9-11-18(24)31-16/h3-5,7-12H,6,13-14,26H2,1-2H3/t22-,23?/m1/s1. The molecule has 4 rings (SSSR count). The van der Waals surface area contributed by atoms with E-state index in [4.69, 9.17) is 38.8 Å². The lowest BCUT2D eigenvalue weighted by atomic mass is 9.96. The number of nitrogens with zero attached hydrogens (tertiary/aromatic N) is 2. The first-order valence-electron chi connectivity index (χ1n) is 10.3. The highest BCUT2D eigenvalue weighted by atomic mass is 35.5. The summed E-state index contributed by atoms with van der Waals surface area (Å²) in [5.41, 5.74) is 5.63. The minimum Gasteiger partial charge on any atom is -0.363 e. The number of ether oxygens (including phenoxy) is 1. The maximum absolute atomic E-state index is 14.2. The van der Waals surface area contributed by atoms with Crippen LogP contribution >= 0.6 is 57.6 Å². The van der Waals surface area contributed by atoms with Crippen molar-refractivity contribution in [1.29, 1.82) is 0 Å². The van der Waals surface area contributed by atoms with Crippen molar-refractivity contribution in [3.63, 3.8) is 0 Å². The second-order valence-corrected chi connectivity index (χ2v) is 12.3. The molecule has 1 unspecified atom stereocenters. The Morgan fingerprint density at radius 1 is 1.12 bits per heavy atom. The number of benzene rings is 1. The molecule has 3 heterocycles. The molecule has 0 saturated heterocycles. The lowest BCUT2D eigenvalue weighted by molar-refractivity contribution is -0.158. The van der Waals surface area contributed by atoms with Crippen LogP contribution in [0, 0.1) is 0 Å². The third-order valence-electron chi connectivity index (χ3n) is 5.58. The van der Waals surface area contributed by atoms with Crippen LogP contribution in [0.3, 0.4) is 0 Å². The fourth-order valence-electron chi connectivity index (χ4n) is 3.72. The van der Waals surface area contributed by atoms with Crippen LogP contribution in [0.4, 0.5) is 0 Å². The van der Waals surface area contributed by atoms with Gasteiger partial charge in [0.15, 0.2) is 5.60 Å². The Bertz CT molecular complexity index is 1170. The Kier molecular flexibility index (Phi) is 7.55. The van der Waals surface area contributed by atoms with Gasteiger partial charge in [-0.25, -0.2) is 5.01 Å². The van der Waals surface area contributed by atoms with Gasteiger partial charge in [0, 0.05) is 12.0 Å². The molecular formula is C23H23Cl2N3O2S3. The Hall–Kier alpha value is -1.39. The fraction of sp³-hybridized carbons (Fsp3) is 0.304. The monoisotopic (exact) mass is 539 g/mol. The van der Waals surface area contributed by atoms with Crippen LogP contribution in [0.15, 0.2) is 59.7 Å². The van der Waals surface area contributed by atoms with Crippen molar-refractivity contribution >= 4 is 68.6 Å². The topological polar surface area (TPSA) is 67.9 Å². The molecular weight excluding hydrogens is 517 g/mol. The number of methoxy groups -OCH3 is 1. The third kappa shape index (κ3) is 4.62. The molecule has 0 aliphatic carbocycles. The highest BCUT2D eigenvalue weighted by molar-refractivity contribution is 8.15. The third-order valence-corrected chi connectivity index (χ3v) is 9.83. The van der Waals surface area contributed by atoms with Crippen LogP contribution in [-0.2, 0) is 20.0 Å². The summed E-state index contributed by atoms with van der Waals surface area (Å²) in [6.45, 7) is 2.26. The minimum absolute atomic E-state index is 0.269. The normalized spacial score (nSPS) is 20.0. The Balaban J connectivity index is 1.87. The summed E-state index contributed by atoms with van der Waals surface area (Å²) in [4.78, 5) is 15.1. The highest BCUT2D eigenvalue weighted by Gasteiger charge is 2.53. The number of carbonyl (C=O) groups excluding carboxylic acids is 1. The van der Waals surface area contributed by atoms with Crippen LogP contribution in [0.1, 0.15) is 35.1 Å². The van der Waals surface area contributed by atoms with Crippen LogP contribution in [0.2, 0.25) is 8.67 Å². The van der Waals surface area contributed by atoms with Gasteiger partial charge in [-0.3, -0.25) is 4.79 Å². The van der Waals surface area contributed by atoms with E-state index in [9.17, 15) is 4.79 Å². The van der Waals surface area contributed by atoms with Gasteiger partial charge in [-0.05, 0) is 56.1 Å². The van der Waals surface area contributed by atoms with Gasteiger partial charge in [0.05, 0.1) is 13.5 Å². The zero-order chi connectivity index (χ0) is 23.6. The van der Waals surface area contributed by atoms with E-state index in [0.29, 0.717) is 32.9 Å². The molecule has 2 atom stereocenters. The first kappa shape index (κ1) is 24.7. The molecule has 0 bridgehead atoms. The summed E-state index contributed by atoms with van der Waals surface area (Å²) in [6.07, 6.45) is 1.34. The minimum atomic E-state index is -1.26. The molecule has 5 nitrogen and oxygen atoms in total. The predicted octanol–water partition coefficient (Wildman–Crippen LogP) is 6.51. The molecule has 3 aromatic rings. The molecule has 1 amide bonds. The number of thioether (sulfide) groups is 1. The molecule has 10 heteroatoms. The van der Waals surface area contributed by atoms with Gasteiger partial charge in [0.25, 0.3) is 5.91 Å². The molecule has 1 aromatic carbocycles. The van der Waals surface area contributed by atoms with Gasteiger partial charge < -0.3 is 10.5 Å². The van der Waals surface area contributed by atoms with Crippen molar-refractivity contribution < 1.29 is 9.53 Å². The number of hydrogen-bond donors (Lipinski definition) is 1. The molecule has 0 saturated carbocycles. The van der Waals surface area contributed by atoms with Crippen LogP contribution in [0.25, 0.3) is 0 Å². The van der Waals surface area contributed by atoms with Gasteiger partial charge in [0.1, 0.15) is 9.91 Å². The van der Waals surface area contributed by atoms with E-state index in [1.807, 2.05) is 48.5 Å². The second kappa shape index (κ2) is 10.1. The van der Waals surface area contributed by atoms with E-state index in [1.165, 1.54) is 29.8 Å². The predicted molar refractivity (Wildman–Crippen MR) is 140 cm³/mol. The van der Waals surface area contributed by atoms with Crippen LogP contribution in [-0.4, -0.2) is 29.6 Å². The molecule has 2 aromatic heterocycles. The van der Waals surface area contributed by atoms with Crippen molar-refractivity contribution in [2.24, 2.45) is 10.8 Å². The maximum Gasteiger partial charge on any atom is 0.281 e. The molecule has 2 N–H and O–H groups in total. The van der Waals surface area contributed by atoms with Crippen LogP contribution in [0.5, 0.6) is 0 Å². The zero-order valence-corrected chi connectivity index (χ0v) is 22.0. The van der Waals surface area contributed by atoms with Gasteiger partial charge >= 0.3 is 0 Å². The summed E-state index contributed by atoms with van der Waals surface area (Å²) >= 11 is 16.7. The SMILES string of the molecule is CO[C@@](C)(C(=O)N1N=C(c2ccc(Cl)s2)SC1(CCCN)c1ccccc1)c1ccc(Cl)s1. The van der Waals surface area contributed by atoms with Gasteiger partial charge in [-0.15, -0.1) is 22.7 Å². The summed E-state index contributed by atoms with van der Waals surface area (Å²) in [5, 5.41) is 7.19. The van der Waals surface area contributed by atoms with Gasteiger partial charge in [-0.1, -0.05) is 65.3 Å². The molecule has 0 spiro atoms. The van der Waals surface area contributed by atoms with Crippen molar-refractivity contribution in [3.8, 4) is 0 Å². The zero-order valence-electron chi connectivity index (χ0n) is 18.1. The number of rotatable bonds is 8. The number of hydrazone groups is 1. The number of halogens is 2. The fourth-order valence-corrected chi connectivity index (χ4v) is 7.38. The van der Waals surface area contributed by atoms with E-state index in [1.54, 1.807) is 29.8 Å². The lowest BCUT2D eigenvalue weighted by Crippen LogP contribution is -2.50. The lowest BCUT2D eigenvalue weighted by Gasteiger charge is -2.39. The van der Waals surface area contributed by atoms with E-state index in [0.717, 1.165) is 15.5 Å². The number of hydrogen-bond acceptors (Lipinski definition) is 7. The van der Waals surface area contributed by atoms with Gasteiger partial charge in [-0.2, -0.15) is 5.10 Å². The smallest absolute Gasteiger partial charge is 0.281 e. The largest absolute Gasteiger partial charge is 0.363 e. The van der Waals surface area contributed by atoms with E-state index in [-0.39, 0.29) is 5.91 Å².